The molecule has 1 fully saturated rings. The first kappa shape index (κ1) is 11.5. The van der Waals surface area contributed by atoms with Crippen LogP contribution in [0.4, 0.5) is 0 Å². The predicted octanol–water partition coefficient (Wildman–Crippen LogP) is -0.603. The van der Waals surface area contributed by atoms with Gasteiger partial charge in [0.05, 0.1) is 25.9 Å². The second kappa shape index (κ2) is 4.90. The third-order valence-corrected chi connectivity index (χ3v) is 2.99. The summed E-state index contributed by atoms with van der Waals surface area (Å²) < 4.78 is 7.26. The third-order valence-electron chi connectivity index (χ3n) is 2.99. The van der Waals surface area contributed by atoms with Gasteiger partial charge in [-0.2, -0.15) is 5.10 Å². The monoisotopic (exact) mass is 226 g/mol. The molecule has 1 aliphatic heterocycles. The van der Waals surface area contributed by atoms with Gasteiger partial charge in [-0.3, -0.25) is 9.58 Å². The van der Waals surface area contributed by atoms with Crippen molar-refractivity contribution < 1.29 is 9.84 Å². The van der Waals surface area contributed by atoms with Crippen molar-refractivity contribution in [1.82, 2.24) is 19.7 Å². The van der Waals surface area contributed by atoms with Crippen molar-refractivity contribution in [3.05, 3.63) is 12.2 Å². The zero-order valence-corrected chi connectivity index (χ0v) is 9.70. The van der Waals surface area contributed by atoms with E-state index >= 15 is 0 Å². The van der Waals surface area contributed by atoms with Gasteiger partial charge in [0, 0.05) is 19.6 Å². The van der Waals surface area contributed by atoms with E-state index in [0.29, 0.717) is 12.6 Å². The molecule has 1 N–H and O–H groups in total. The maximum Gasteiger partial charge on any atom is 0.140 e. The summed E-state index contributed by atoms with van der Waals surface area (Å²) in [6, 6.07) is 0.347. The van der Waals surface area contributed by atoms with Crippen LogP contribution in [-0.2, 0) is 18.3 Å². The van der Waals surface area contributed by atoms with Gasteiger partial charge in [-0.15, -0.1) is 0 Å². The fourth-order valence-electron chi connectivity index (χ4n) is 1.85. The van der Waals surface area contributed by atoms with Crippen LogP contribution in [0.15, 0.2) is 6.33 Å². The molecule has 90 valence electrons. The van der Waals surface area contributed by atoms with Gasteiger partial charge in [-0.1, -0.05) is 0 Å². The fourth-order valence-corrected chi connectivity index (χ4v) is 1.85. The van der Waals surface area contributed by atoms with Gasteiger partial charge in [0.2, 0.25) is 0 Å². The Morgan fingerprint density at radius 1 is 1.62 bits per heavy atom. The SMILES string of the molecule is CC1COC(CO)CN1Cc1ncnn1C. The van der Waals surface area contributed by atoms with E-state index in [1.165, 1.54) is 0 Å². The van der Waals surface area contributed by atoms with Crippen molar-refractivity contribution in [2.75, 3.05) is 19.8 Å². The molecule has 2 atom stereocenters. The second-order valence-electron chi connectivity index (χ2n) is 4.22. The number of aromatic nitrogens is 3. The molecule has 6 heteroatoms. The standard InChI is InChI=1S/C10H18N4O2/c1-8-6-16-9(5-15)3-14(8)4-10-11-7-12-13(10)2/h7-9,15H,3-6H2,1-2H3. The average molecular weight is 226 g/mol. The number of morpholine rings is 1. The van der Waals surface area contributed by atoms with Gasteiger partial charge in [0.1, 0.15) is 12.2 Å². The lowest BCUT2D eigenvalue weighted by Crippen LogP contribution is -2.49. The van der Waals surface area contributed by atoms with Crippen LogP contribution in [0, 0.1) is 0 Å². The van der Waals surface area contributed by atoms with Crippen molar-refractivity contribution in [2.24, 2.45) is 7.05 Å². The highest BCUT2D eigenvalue weighted by molar-refractivity contribution is 4.87. The number of aryl methyl sites for hydroxylation is 1. The van der Waals surface area contributed by atoms with Gasteiger partial charge in [-0.25, -0.2) is 4.98 Å². The molecular formula is C10H18N4O2. The Kier molecular flexibility index (Phi) is 3.52. The Balaban J connectivity index is 1.99. The molecule has 0 aromatic carbocycles. The normalized spacial score (nSPS) is 27.2. The highest BCUT2D eigenvalue weighted by atomic mass is 16.5. The Morgan fingerprint density at radius 3 is 3.06 bits per heavy atom. The Morgan fingerprint density at radius 2 is 2.44 bits per heavy atom. The van der Waals surface area contributed by atoms with Gasteiger partial charge < -0.3 is 9.84 Å². The Hall–Kier alpha value is -0.980. The maximum absolute atomic E-state index is 9.09. The molecule has 0 radical (unpaired) electrons. The lowest BCUT2D eigenvalue weighted by molar-refractivity contribution is -0.0814. The molecule has 2 heterocycles. The van der Waals surface area contributed by atoms with Gasteiger partial charge in [0.15, 0.2) is 0 Å². The average Bonchev–Trinajstić information content (AvgIpc) is 2.68. The van der Waals surface area contributed by atoms with Crippen molar-refractivity contribution >= 4 is 0 Å². The van der Waals surface area contributed by atoms with Crippen molar-refractivity contribution in [3.8, 4) is 0 Å². The molecule has 1 aromatic heterocycles. The molecular weight excluding hydrogens is 208 g/mol. The summed E-state index contributed by atoms with van der Waals surface area (Å²) in [6.07, 6.45) is 1.48. The van der Waals surface area contributed by atoms with E-state index in [1.807, 2.05) is 7.05 Å². The molecule has 2 rings (SSSR count). The van der Waals surface area contributed by atoms with E-state index in [4.69, 9.17) is 9.84 Å². The topological polar surface area (TPSA) is 63.4 Å². The third kappa shape index (κ3) is 2.40. The zero-order chi connectivity index (χ0) is 11.5. The highest BCUT2D eigenvalue weighted by Gasteiger charge is 2.26. The molecule has 1 aromatic rings. The first-order valence-corrected chi connectivity index (χ1v) is 5.50. The fraction of sp³-hybridized carbons (Fsp3) is 0.800. The van der Waals surface area contributed by atoms with E-state index in [0.717, 1.165) is 18.9 Å². The van der Waals surface area contributed by atoms with E-state index in [-0.39, 0.29) is 12.7 Å². The summed E-state index contributed by atoms with van der Waals surface area (Å²) in [5.74, 6) is 0.936. The maximum atomic E-state index is 9.09. The summed E-state index contributed by atoms with van der Waals surface area (Å²) in [6.45, 7) is 4.33. The number of rotatable bonds is 3. The minimum Gasteiger partial charge on any atom is -0.394 e. The summed E-state index contributed by atoms with van der Waals surface area (Å²) in [4.78, 5) is 6.46. The molecule has 16 heavy (non-hydrogen) atoms. The molecule has 6 nitrogen and oxygen atoms in total. The molecule has 1 saturated heterocycles. The quantitative estimate of drug-likeness (QED) is 0.745. The number of nitrogens with zero attached hydrogens (tertiary/aromatic N) is 4. The number of aliphatic hydroxyl groups is 1. The van der Waals surface area contributed by atoms with Crippen molar-refractivity contribution in [2.45, 2.75) is 25.6 Å². The first-order valence-electron chi connectivity index (χ1n) is 5.50. The summed E-state index contributed by atoms with van der Waals surface area (Å²) in [7, 11) is 1.89. The number of hydrogen-bond donors (Lipinski definition) is 1. The van der Waals surface area contributed by atoms with Crippen molar-refractivity contribution in [1.29, 1.82) is 0 Å². The highest BCUT2D eigenvalue weighted by Crippen LogP contribution is 2.13. The Labute approximate surface area is 94.8 Å². The first-order chi connectivity index (χ1) is 7.70. The number of aliphatic hydroxyl groups excluding tert-OH is 1. The van der Waals surface area contributed by atoms with Crippen LogP contribution in [0.3, 0.4) is 0 Å². The van der Waals surface area contributed by atoms with Crippen LogP contribution < -0.4 is 0 Å². The minimum atomic E-state index is -0.0792. The van der Waals surface area contributed by atoms with E-state index < -0.39 is 0 Å². The van der Waals surface area contributed by atoms with Gasteiger partial charge >= 0.3 is 0 Å². The van der Waals surface area contributed by atoms with E-state index in [9.17, 15) is 0 Å². The lowest BCUT2D eigenvalue weighted by Gasteiger charge is -2.36. The predicted molar refractivity (Wildman–Crippen MR) is 57.7 cm³/mol. The summed E-state index contributed by atoms with van der Waals surface area (Å²) >= 11 is 0. The van der Waals surface area contributed by atoms with E-state index in [1.54, 1.807) is 11.0 Å². The zero-order valence-electron chi connectivity index (χ0n) is 9.70. The lowest BCUT2D eigenvalue weighted by atomic mass is 10.2. The molecule has 0 amide bonds. The molecule has 1 aliphatic rings. The van der Waals surface area contributed by atoms with Crippen LogP contribution in [0.5, 0.6) is 0 Å². The largest absolute Gasteiger partial charge is 0.394 e. The molecule has 0 saturated carbocycles. The molecule has 0 bridgehead atoms. The van der Waals surface area contributed by atoms with Crippen LogP contribution >= 0.6 is 0 Å². The smallest absolute Gasteiger partial charge is 0.140 e. The minimum absolute atomic E-state index is 0.0715. The number of hydrogen-bond acceptors (Lipinski definition) is 5. The van der Waals surface area contributed by atoms with E-state index in [2.05, 4.69) is 21.9 Å². The van der Waals surface area contributed by atoms with Crippen molar-refractivity contribution in [3.63, 3.8) is 0 Å². The molecule has 0 aliphatic carbocycles. The van der Waals surface area contributed by atoms with Crippen LogP contribution in [-0.4, -0.2) is 56.7 Å². The summed E-state index contributed by atoms with van der Waals surface area (Å²) in [5, 5.41) is 13.1. The van der Waals surface area contributed by atoms with Crippen LogP contribution in [0.1, 0.15) is 12.7 Å². The van der Waals surface area contributed by atoms with Crippen LogP contribution in [0.2, 0.25) is 0 Å². The van der Waals surface area contributed by atoms with Gasteiger partial charge in [0.25, 0.3) is 0 Å². The summed E-state index contributed by atoms with van der Waals surface area (Å²) in [5.41, 5.74) is 0. The molecule has 2 unspecified atom stereocenters. The Bertz CT molecular complexity index is 341. The molecule has 0 spiro atoms. The van der Waals surface area contributed by atoms with Crippen LogP contribution in [0.25, 0.3) is 0 Å². The number of ether oxygens (including phenoxy) is 1. The van der Waals surface area contributed by atoms with Gasteiger partial charge in [-0.05, 0) is 6.92 Å². The second-order valence-corrected chi connectivity index (χ2v) is 4.22.